The number of carbonyl (C=O) groups is 1. The van der Waals surface area contributed by atoms with Gasteiger partial charge in [0.05, 0.1) is 18.0 Å². The predicted molar refractivity (Wildman–Crippen MR) is 58.9 cm³/mol. The second-order valence-corrected chi connectivity index (χ2v) is 3.33. The Morgan fingerprint density at radius 2 is 2.35 bits per heavy atom. The Bertz CT molecular complexity index is 564. The quantitative estimate of drug-likeness (QED) is 0.817. The van der Waals surface area contributed by atoms with Crippen LogP contribution >= 0.6 is 0 Å². The Morgan fingerprint density at radius 1 is 1.59 bits per heavy atom. The molecule has 7 nitrogen and oxygen atoms in total. The number of aryl methyl sites for hydroxylation is 1. The van der Waals surface area contributed by atoms with E-state index in [1.807, 2.05) is 0 Å². The third-order valence-corrected chi connectivity index (χ3v) is 2.08. The summed E-state index contributed by atoms with van der Waals surface area (Å²) < 4.78 is 6.89. The van der Waals surface area contributed by atoms with E-state index >= 15 is 0 Å². The van der Waals surface area contributed by atoms with Crippen LogP contribution in [0.4, 0.5) is 5.69 Å². The van der Waals surface area contributed by atoms with Gasteiger partial charge in [0.25, 0.3) is 0 Å². The normalized spacial score (nSPS) is 10.2. The highest BCUT2D eigenvalue weighted by Crippen LogP contribution is 2.26. The fourth-order valence-electron chi connectivity index (χ4n) is 1.28. The van der Waals surface area contributed by atoms with Gasteiger partial charge >= 0.3 is 5.97 Å². The van der Waals surface area contributed by atoms with Crippen LogP contribution in [0, 0.1) is 0 Å². The van der Waals surface area contributed by atoms with Gasteiger partial charge in [-0.3, -0.25) is 4.68 Å². The van der Waals surface area contributed by atoms with Crippen molar-refractivity contribution in [1.29, 1.82) is 0 Å². The Balaban J connectivity index is 2.33. The molecule has 0 amide bonds. The minimum Gasteiger partial charge on any atom is -0.478 e. The number of nitrogens with zero attached hydrogens (tertiary/aromatic N) is 3. The summed E-state index contributed by atoms with van der Waals surface area (Å²) in [7, 11) is 1.73. The molecule has 0 saturated heterocycles. The zero-order valence-electron chi connectivity index (χ0n) is 8.99. The lowest BCUT2D eigenvalue weighted by Gasteiger charge is -2.06. The van der Waals surface area contributed by atoms with Crippen molar-refractivity contribution in [2.24, 2.45) is 7.05 Å². The maximum absolute atomic E-state index is 10.9. The largest absolute Gasteiger partial charge is 0.478 e. The van der Waals surface area contributed by atoms with Crippen molar-refractivity contribution in [1.82, 2.24) is 14.8 Å². The molecule has 2 aromatic rings. The summed E-state index contributed by atoms with van der Waals surface area (Å²) in [6.45, 7) is 0. The molecule has 2 heterocycles. The number of nitrogen functional groups attached to an aromatic ring is 1. The Labute approximate surface area is 96.5 Å². The third-order valence-electron chi connectivity index (χ3n) is 2.08. The number of hydrogen-bond acceptors (Lipinski definition) is 5. The van der Waals surface area contributed by atoms with Crippen LogP contribution in [0.5, 0.6) is 11.6 Å². The molecule has 7 heteroatoms. The summed E-state index contributed by atoms with van der Waals surface area (Å²) in [5.74, 6) is -0.631. The molecule has 2 aromatic heterocycles. The fraction of sp³-hybridized carbons (Fsp3) is 0.100. The molecule has 88 valence electrons. The molecule has 3 N–H and O–H groups in total. The van der Waals surface area contributed by atoms with Crippen LogP contribution in [0.2, 0.25) is 0 Å². The van der Waals surface area contributed by atoms with E-state index < -0.39 is 5.97 Å². The summed E-state index contributed by atoms with van der Waals surface area (Å²) in [4.78, 5) is 14.7. The van der Waals surface area contributed by atoms with Gasteiger partial charge in [-0.25, -0.2) is 9.78 Å². The molecule has 0 spiro atoms. The number of pyridine rings is 1. The van der Waals surface area contributed by atoms with Crippen molar-refractivity contribution in [3.05, 3.63) is 30.2 Å². The zero-order chi connectivity index (χ0) is 12.4. The summed E-state index contributed by atoms with van der Waals surface area (Å²) in [5, 5.41) is 12.8. The fourth-order valence-corrected chi connectivity index (χ4v) is 1.28. The lowest BCUT2D eigenvalue weighted by atomic mass is 10.2. The first-order valence-electron chi connectivity index (χ1n) is 4.72. The number of nitrogens with two attached hydrogens (primary N) is 1. The van der Waals surface area contributed by atoms with E-state index in [1.54, 1.807) is 17.9 Å². The first-order chi connectivity index (χ1) is 8.08. The molecule has 0 aliphatic carbocycles. The van der Waals surface area contributed by atoms with Gasteiger partial charge < -0.3 is 15.6 Å². The summed E-state index contributed by atoms with van der Waals surface area (Å²) >= 11 is 0. The lowest BCUT2D eigenvalue weighted by molar-refractivity contribution is 0.0697. The maximum Gasteiger partial charge on any atom is 0.338 e. The molecule has 0 bridgehead atoms. The first-order valence-corrected chi connectivity index (χ1v) is 4.72. The maximum atomic E-state index is 10.9. The van der Waals surface area contributed by atoms with Gasteiger partial charge in [-0.05, 0) is 6.07 Å². The molecule has 0 radical (unpaired) electrons. The smallest absolute Gasteiger partial charge is 0.338 e. The van der Waals surface area contributed by atoms with Crippen LogP contribution in [0.15, 0.2) is 24.7 Å². The summed E-state index contributed by atoms with van der Waals surface area (Å²) in [5.41, 5.74) is 5.59. The van der Waals surface area contributed by atoms with Crippen molar-refractivity contribution >= 4 is 11.7 Å². The molecule has 0 unspecified atom stereocenters. The van der Waals surface area contributed by atoms with Crippen molar-refractivity contribution in [2.75, 3.05) is 5.73 Å². The van der Waals surface area contributed by atoms with E-state index in [9.17, 15) is 4.79 Å². The number of carboxylic acids is 1. The first kappa shape index (κ1) is 10.9. The number of aromatic carboxylic acids is 1. The van der Waals surface area contributed by atoms with Crippen LogP contribution in [0.3, 0.4) is 0 Å². The van der Waals surface area contributed by atoms with Gasteiger partial charge in [0.2, 0.25) is 5.88 Å². The van der Waals surface area contributed by atoms with Crippen molar-refractivity contribution < 1.29 is 14.6 Å². The second-order valence-electron chi connectivity index (χ2n) is 3.33. The standard InChI is InChI=1S/C10H10N4O3/c1-14-5-6(4-13-14)17-9-8(11)7(10(15)16)2-3-12-9/h2-5H,11H2,1H3,(H,15,16). The molecule has 0 aliphatic rings. The predicted octanol–water partition coefficient (Wildman–Crippen LogP) is 0.888. The molecule has 0 aromatic carbocycles. The molecule has 17 heavy (non-hydrogen) atoms. The molecule has 0 saturated carbocycles. The molecule has 0 atom stereocenters. The summed E-state index contributed by atoms with van der Waals surface area (Å²) in [6.07, 6.45) is 4.43. The monoisotopic (exact) mass is 234 g/mol. The average molecular weight is 234 g/mol. The van der Waals surface area contributed by atoms with E-state index in [1.165, 1.54) is 18.5 Å². The van der Waals surface area contributed by atoms with Crippen LogP contribution in [0.25, 0.3) is 0 Å². The lowest BCUT2D eigenvalue weighted by Crippen LogP contribution is -2.05. The molecular formula is C10H10N4O3. The molecule has 0 aliphatic heterocycles. The number of hydrogen-bond donors (Lipinski definition) is 2. The highest BCUT2D eigenvalue weighted by atomic mass is 16.5. The highest BCUT2D eigenvalue weighted by Gasteiger charge is 2.14. The second kappa shape index (κ2) is 4.12. The SMILES string of the molecule is Cn1cc(Oc2nccc(C(=O)O)c2N)cn1. The Kier molecular flexibility index (Phi) is 2.65. The van der Waals surface area contributed by atoms with E-state index in [0.717, 1.165) is 0 Å². The van der Waals surface area contributed by atoms with Crippen LogP contribution in [-0.2, 0) is 7.05 Å². The number of aromatic nitrogens is 3. The van der Waals surface area contributed by atoms with Gasteiger partial charge in [0.15, 0.2) is 5.75 Å². The van der Waals surface area contributed by atoms with Crippen LogP contribution < -0.4 is 10.5 Å². The molecule has 0 fully saturated rings. The minimum atomic E-state index is -1.12. The third kappa shape index (κ3) is 2.17. The van der Waals surface area contributed by atoms with Gasteiger partial charge in [-0.2, -0.15) is 5.10 Å². The minimum absolute atomic E-state index is 0.0103. The van der Waals surface area contributed by atoms with E-state index in [-0.39, 0.29) is 17.1 Å². The Morgan fingerprint density at radius 3 is 2.94 bits per heavy atom. The number of carboxylic acid groups (broad SMARTS) is 1. The topological polar surface area (TPSA) is 103 Å². The van der Waals surface area contributed by atoms with Crippen LogP contribution in [0.1, 0.15) is 10.4 Å². The van der Waals surface area contributed by atoms with E-state index in [4.69, 9.17) is 15.6 Å². The highest BCUT2D eigenvalue weighted by molar-refractivity contribution is 5.94. The van der Waals surface area contributed by atoms with Crippen molar-refractivity contribution in [3.63, 3.8) is 0 Å². The summed E-state index contributed by atoms with van der Waals surface area (Å²) in [6, 6.07) is 1.31. The van der Waals surface area contributed by atoms with Gasteiger partial charge in [0.1, 0.15) is 5.69 Å². The molecular weight excluding hydrogens is 224 g/mol. The zero-order valence-corrected chi connectivity index (χ0v) is 8.99. The molecule has 2 rings (SSSR count). The van der Waals surface area contributed by atoms with Crippen molar-refractivity contribution in [3.8, 4) is 11.6 Å². The van der Waals surface area contributed by atoms with Gasteiger partial charge in [-0.15, -0.1) is 0 Å². The van der Waals surface area contributed by atoms with Crippen molar-refractivity contribution in [2.45, 2.75) is 0 Å². The van der Waals surface area contributed by atoms with Gasteiger partial charge in [0, 0.05) is 13.2 Å². The number of rotatable bonds is 3. The Hall–Kier alpha value is -2.57. The number of ether oxygens (including phenoxy) is 1. The van der Waals surface area contributed by atoms with E-state index in [0.29, 0.717) is 5.75 Å². The van der Waals surface area contributed by atoms with E-state index in [2.05, 4.69) is 10.1 Å². The average Bonchev–Trinajstić information content (AvgIpc) is 2.67. The number of anilines is 1. The van der Waals surface area contributed by atoms with Gasteiger partial charge in [-0.1, -0.05) is 0 Å². The van der Waals surface area contributed by atoms with Crippen LogP contribution in [-0.4, -0.2) is 25.8 Å².